The van der Waals surface area contributed by atoms with Gasteiger partial charge in [-0.2, -0.15) is 0 Å². The molecule has 5 heteroatoms. The van der Waals surface area contributed by atoms with E-state index in [9.17, 15) is 9.59 Å². The minimum absolute atomic E-state index is 0.0460. The molecule has 3 saturated heterocycles. The molecule has 3 heterocycles. The molecule has 0 saturated carbocycles. The average Bonchev–Trinajstić information content (AvgIpc) is 2.98. The van der Waals surface area contributed by atoms with E-state index in [-0.39, 0.29) is 17.9 Å². The van der Waals surface area contributed by atoms with Crippen molar-refractivity contribution in [3.05, 3.63) is 29.8 Å². The Labute approximate surface area is 155 Å². The quantitative estimate of drug-likeness (QED) is 0.782. The Kier molecular flexibility index (Phi) is 5.09. The number of hydrogen-bond donors (Lipinski definition) is 0. The molecule has 5 nitrogen and oxygen atoms in total. The van der Waals surface area contributed by atoms with E-state index in [1.807, 2.05) is 31.2 Å². The number of aryl methyl sites for hydroxylation is 1. The molecule has 3 aliphatic heterocycles. The van der Waals surface area contributed by atoms with Gasteiger partial charge in [0.15, 0.2) is 0 Å². The van der Waals surface area contributed by atoms with Crippen molar-refractivity contribution in [1.82, 2.24) is 9.80 Å². The summed E-state index contributed by atoms with van der Waals surface area (Å²) in [5.74, 6) is -0.114. The van der Waals surface area contributed by atoms with Crippen molar-refractivity contribution in [3.63, 3.8) is 0 Å². The number of anilines is 1. The minimum Gasteiger partial charge on any atom is -0.300 e. The van der Waals surface area contributed by atoms with Crippen LogP contribution < -0.4 is 4.90 Å². The van der Waals surface area contributed by atoms with E-state index in [1.165, 1.54) is 37.3 Å². The van der Waals surface area contributed by atoms with E-state index >= 15 is 0 Å². The lowest BCUT2D eigenvalue weighted by molar-refractivity contribution is -0.123. The molecule has 1 aromatic carbocycles. The van der Waals surface area contributed by atoms with Crippen LogP contribution in [-0.2, 0) is 9.59 Å². The highest BCUT2D eigenvalue weighted by atomic mass is 16.2. The third-order valence-corrected chi connectivity index (χ3v) is 6.26. The van der Waals surface area contributed by atoms with Crippen LogP contribution in [-0.4, -0.2) is 59.9 Å². The molecule has 4 rings (SSSR count). The van der Waals surface area contributed by atoms with Crippen LogP contribution in [0.3, 0.4) is 0 Å². The molecule has 26 heavy (non-hydrogen) atoms. The second-order valence-electron chi connectivity index (χ2n) is 7.99. The Morgan fingerprint density at radius 2 is 1.50 bits per heavy atom. The van der Waals surface area contributed by atoms with E-state index < -0.39 is 0 Å². The van der Waals surface area contributed by atoms with Crippen molar-refractivity contribution in [2.24, 2.45) is 0 Å². The second kappa shape index (κ2) is 7.49. The summed E-state index contributed by atoms with van der Waals surface area (Å²) < 4.78 is 0. The molecule has 3 aliphatic rings. The summed E-state index contributed by atoms with van der Waals surface area (Å²) in [5, 5.41) is 0. The molecule has 0 aliphatic carbocycles. The van der Waals surface area contributed by atoms with Crippen LogP contribution in [0.15, 0.2) is 24.3 Å². The van der Waals surface area contributed by atoms with Gasteiger partial charge in [-0.05, 0) is 57.8 Å². The molecule has 3 fully saturated rings. The molecule has 1 atom stereocenters. The first kappa shape index (κ1) is 17.7. The number of likely N-dealkylation sites (tertiary alicyclic amines) is 2. The SMILES string of the molecule is Cc1ccc(N2C(=O)C[C@@H](N3CCC(N4CCCCC4)CC3)C2=O)cc1. The number of rotatable bonds is 3. The highest BCUT2D eigenvalue weighted by Crippen LogP contribution is 2.29. The Balaban J connectivity index is 1.39. The number of imide groups is 1. The van der Waals surface area contributed by atoms with E-state index in [0.29, 0.717) is 18.2 Å². The van der Waals surface area contributed by atoms with Crippen LogP contribution in [0.1, 0.15) is 44.1 Å². The molecule has 0 bridgehead atoms. The zero-order valence-electron chi connectivity index (χ0n) is 15.7. The van der Waals surface area contributed by atoms with Crippen LogP contribution in [0.25, 0.3) is 0 Å². The maximum Gasteiger partial charge on any atom is 0.251 e. The van der Waals surface area contributed by atoms with Crippen LogP contribution in [0.4, 0.5) is 5.69 Å². The maximum atomic E-state index is 12.9. The fraction of sp³-hybridized carbons (Fsp3) is 0.619. The molecular weight excluding hydrogens is 326 g/mol. The number of carbonyl (C=O) groups excluding carboxylic acids is 2. The molecule has 0 radical (unpaired) electrons. The minimum atomic E-state index is -0.272. The monoisotopic (exact) mass is 355 g/mol. The summed E-state index contributed by atoms with van der Waals surface area (Å²) in [6.07, 6.45) is 6.55. The summed E-state index contributed by atoms with van der Waals surface area (Å²) in [6.45, 7) is 6.31. The van der Waals surface area contributed by atoms with Crippen LogP contribution in [0.2, 0.25) is 0 Å². The zero-order chi connectivity index (χ0) is 18.1. The summed E-state index contributed by atoms with van der Waals surface area (Å²) in [4.78, 5) is 31.7. The molecular formula is C21H29N3O2. The third kappa shape index (κ3) is 3.42. The van der Waals surface area contributed by atoms with E-state index in [0.717, 1.165) is 31.5 Å². The lowest BCUT2D eigenvalue weighted by Gasteiger charge is -2.41. The van der Waals surface area contributed by atoms with Gasteiger partial charge in [0.2, 0.25) is 5.91 Å². The molecule has 140 valence electrons. The Hall–Kier alpha value is -1.72. The van der Waals surface area contributed by atoms with Gasteiger partial charge < -0.3 is 4.90 Å². The predicted octanol–water partition coefficient (Wildman–Crippen LogP) is 2.58. The van der Waals surface area contributed by atoms with Crippen molar-refractivity contribution in [1.29, 1.82) is 0 Å². The molecule has 0 N–H and O–H groups in total. The standard InChI is InChI=1S/C21H29N3O2/c1-16-5-7-18(8-6-16)24-20(25)15-19(21(24)26)23-13-9-17(10-14-23)22-11-3-2-4-12-22/h5-8,17,19H,2-4,9-15H2,1H3/t19-/m1/s1. The fourth-order valence-electron chi connectivity index (χ4n) is 4.71. The average molecular weight is 355 g/mol. The molecule has 1 aromatic rings. The Morgan fingerprint density at radius 1 is 0.846 bits per heavy atom. The van der Waals surface area contributed by atoms with Crippen molar-refractivity contribution in [3.8, 4) is 0 Å². The summed E-state index contributed by atoms with van der Waals surface area (Å²) in [7, 11) is 0. The number of benzene rings is 1. The molecule has 0 aromatic heterocycles. The number of hydrogen-bond acceptors (Lipinski definition) is 4. The second-order valence-corrected chi connectivity index (χ2v) is 7.99. The van der Waals surface area contributed by atoms with Crippen LogP contribution >= 0.6 is 0 Å². The van der Waals surface area contributed by atoms with Gasteiger partial charge in [0, 0.05) is 19.1 Å². The largest absolute Gasteiger partial charge is 0.300 e. The van der Waals surface area contributed by atoms with Gasteiger partial charge in [0.05, 0.1) is 18.2 Å². The Morgan fingerprint density at radius 3 is 2.15 bits per heavy atom. The Bertz CT molecular complexity index is 658. The smallest absolute Gasteiger partial charge is 0.251 e. The maximum absolute atomic E-state index is 12.9. The summed E-state index contributed by atoms with van der Waals surface area (Å²) in [5.41, 5.74) is 1.83. The van der Waals surface area contributed by atoms with E-state index in [2.05, 4.69) is 9.80 Å². The first-order valence-electron chi connectivity index (χ1n) is 10.0. The first-order valence-corrected chi connectivity index (χ1v) is 10.0. The number of amides is 2. The number of nitrogens with zero attached hydrogens (tertiary/aromatic N) is 3. The van der Waals surface area contributed by atoms with Crippen LogP contribution in [0, 0.1) is 6.92 Å². The van der Waals surface area contributed by atoms with Crippen molar-refractivity contribution >= 4 is 17.5 Å². The van der Waals surface area contributed by atoms with Crippen molar-refractivity contribution in [2.75, 3.05) is 31.1 Å². The topological polar surface area (TPSA) is 43.9 Å². The van der Waals surface area contributed by atoms with E-state index in [1.54, 1.807) is 0 Å². The van der Waals surface area contributed by atoms with Gasteiger partial charge in [-0.1, -0.05) is 24.1 Å². The zero-order valence-corrected chi connectivity index (χ0v) is 15.7. The molecule has 0 spiro atoms. The molecule has 0 unspecified atom stereocenters. The highest BCUT2D eigenvalue weighted by molar-refractivity contribution is 6.22. The van der Waals surface area contributed by atoms with Crippen molar-refractivity contribution < 1.29 is 9.59 Å². The van der Waals surface area contributed by atoms with Gasteiger partial charge in [-0.15, -0.1) is 0 Å². The summed E-state index contributed by atoms with van der Waals surface area (Å²) in [6, 6.07) is 8.03. The van der Waals surface area contributed by atoms with Gasteiger partial charge in [-0.3, -0.25) is 14.5 Å². The first-order chi connectivity index (χ1) is 12.6. The normalized spacial score (nSPS) is 26.7. The summed E-state index contributed by atoms with van der Waals surface area (Å²) >= 11 is 0. The lowest BCUT2D eigenvalue weighted by atomic mass is 9.98. The highest BCUT2D eigenvalue weighted by Gasteiger charge is 2.43. The molecule has 2 amide bonds. The van der Waals surface area contributed by atoms with E-state index in [4.69, 9.17) is 0 Å². The van der Waals surface area contributed by atoms with Gasteiger partial charge in [0.1, 0.15) is 0 Å². The van der Waals surface area contributed by atoms with Gasteiger partial charge in [-0.25, -0.2) is 4.90 Å². The number of piperidine rings is 2. The fourth-order valence-corrected chi connectivity index (χ4v) is 4.71. The predicted molar refractivity (Wildman–Crippen MR) is 102 cm³/mol. The van der Waals surface area contributed by atoms with Crippen LogP contribution in [0.5, 0.6) is 0 Å². The van der Waals surface area contributed by atoms with Crippen molar-refractivity contribution in [2.45, 2.75) is 57.5 Å². The third-order valence-electron chi connectivity index (χ3n) is 6.26. The van der Waals surface area contributed by atoms with Gasteiger partial charge >= 0.3 is 0 Å². The lowest BCUT2D eigenvalue weighted by Crippen LogP contribution is -2.51. The van der Waals surface area contributed by atoms with Gasteiger partial charge in [0.25, 0.3) is 5.91 Å². The number of carbonyl (C=O) groups is 2.